The van der Waals surface area contributed by atoms with Crippen LogP contribution in [-0.2, 0) is 0 Å². The van der Waals surface area contributed by atoms with Crippen LogP contribution in [0.4, 0.5) is 10.5 Å². The summed E-state index contributed by atoms with van der Waals surface area (Å²) in [6.45, 7) is 6.36. The van der Waals surface area contributed by atoms with Crippen LogP contribution in [0.15, 0.2) is 48.7 Å². The van der Waals surface area contributed by atoms with E-state index in [9.17, 15) is 4.79 Å². The summed E-state index contributed by atoms with van der Waals surface area (Å²) in [5, 5.41) is 1.16. The van der Waals surface area contributed by atoms with Crippen LogP contribution in [0, 0.1) is 0 Å². The molecule has 0 aliphatic carbocycles. The number of urea groups is 1. The largest absolute Gasteiger partial charge is 0.493 e. The number of anilines is 1. The first-order chi connectivity index (χ1) is 15.6. The quantitative estimate of drug-likeness (QED) is 0.411. The number of carbonyl (C=O) groups is 1. The van der Waals surface area contributed by atoms with Crippen molar-refractivity contribution in [3.8, 4) is 11.5 Å². The van der Waals surface area contributed by atoms with Crippen molar-refractivity contribution in [1.82, 2.24) is 9.88 Å². The summed E-state index contributed by atoms with van der Waals surface area (Å²) in [7, 11) is 1.64. The Balaban J connectivity index is 1.55. The number of unbranched alkanes of at least 4 members (excludes halogenated alkanes) is 2. The van der Waals surface area contributed by atoms with Crippen molar-refractivity contribution in [1.29, 1.82) is 0 Å². The highest BCUT2D eigenvalue weighted by Gasteiger charge is 2.31. The number of H-pyrrole nitrogens is 1. The van der Waals surface area contributed by atoms with Gasteiger partial charge in [0.1, 0.15) is 0 Å². The average molecular weight is 436 g/mol. The highest BCUT2D eigenvalue weighted by molar-refractivity contribution is 5.94. The first-order valence-corrected chi connectivity index (χ1v) is 11.6. The van der Waals surface area contributed by atoms with Crippen molar-refractivity contribution in [2.45, 2.75) is 45.6 Å². The van der Waals surface area contributed by atoms with Gasteiger partial charge in [0.05, 0.1) is 19.8 Å². The van der Waals surface area contributed by atoms with E-state index < -0.39 is 0 Å². The molecule has 0 spiro atoms. The number of rotatable bonds is 9. The van der Waals surface area contributed by atoms with Crippen LogP contribution < -0.4 is 14.4 Å². The van der Waals surface area contributed by atoms with Gasteiger partial charge in [0, 0.05) is 41.9 Å². The Hall–Kier alpha value is -3.15. The number of benzene rings is 2. The molecule has 1 atom stereocenters. The third-order valence-electron chi connectivity index (χ3n) is 6.27. The minimum absolute atomic E-state index is 0.0205. The van der Waals surface area contributed by atoms with E-state index >= 15 is 0 Å². The SMILES string of the molecule is CCCCCOc1cc(N2CCCN([C@@H](C)c3cccc4[nH]ccc34)C2=O)ccc1OC. The van der Waals surface area contributed by atoms with Crippen molar-refractivity contribution < 1.29 is 14.3 Å². The third kappa shape index (κ3) is 4.40. The Morgan fingerprint density at radius 2 is 1.97 bits per heavy atom. The molecule has 1 aliphatic heterocycles. The molecule has 0 bridgehead atoms. The standard InChI is InChI=1S/C26H33N3O3/c1-4-5-6-17-32-25-18-20(11-12-24(25)31-3)29-16-8-15-28(26(29)30)19(2)21-9-7-10-23-22(21)13-14-27-23/h7,9-14,18-19,27H,4-6,8,15-17H2,1-3H3/t19-/m0/s1. The summed E-state index contributed by atoms with van der Waals surface area (Å²) in [4.78, 5) is 20.6. The second-order valence-corrected chi connectivity index (χ2v) is 8.33. The van der Waals surface area contributed by atoms with Gasteiger partial charge in [-0.25, -0.2) is 4.79 Å². The predicted molar refractivity (Wildman–Crippen MR) is 129 cm³/mol. The summed E-state index contributed by atoms with van der Waals surface area (Å²) < 4.78 is 11.5. The van der Waals surface area contributed by atoms with Gasteiger partial charge >= 0.3 is 6.03 Å². The number of carbonyl (C=O) groups excluding carboxylic acids is 1. The molecule has 6 nitrogen and oxygen atoms in total. The number of nitrogens with zero attached hydrogens (tertiary/aromatic N) is 2. The first-order valence-electron chi connectivity index (χ1n) is 11.6. The summed E-state index contributed by atoms with van der Waals surface area (Å²) in [5.41, 5.74) is 3.10. The van der Waals surface area contributed by atoms with E-state index in [1.165, 1.54) is 0 Å². The molecule has 0 unspecified atom stereocenters. The molecule has 2 amide bonds. The Kier molecular flexibility index (Phi) is 6.88. The lowest BCUT2D eigenvalue weighted by Gasteiger charge is -2.39. The molecule has 6 heteroatoms. The second-order valence-electron chi connectivity index (χ2n) is 8.33. The average Bonchev–Trinajstić information content (AvgIpc) is 3.30. The Morgan fingerprint density at radius 3 is 2.78 bits per heavy atom. The molecule has 1 saturated heterocycles. The van der Waals surface area contributed by atoms with Crippen LogP contribution in [0.1, 0.15) is 51.1 Å². The summed E-state index contributed by atoms with van der Waals surface area (Å²) in [6.07, 6.45) is 6.14. The predicted octanol–water partition coefficient (Wildman–Crippen LogP) is 6.14. The topological polar surface area (TPSA) is 57.8 Å². The molecule has 0 saturated carbocycles. The van der Waals surface area contributed by atoms with Gasteiger partial charge < -0.3 is 19.4 Å². The maximum Gasteiger partial charge on any atom is 0.324 e. The Morgan fingerprint density at radius 1 is 1.09 bits per heavy atom. The van der Waals surface area contributed by atoms with Crippen LogP contribution in [0.25, 0.3) is 10.9 Å². The zero-order valence-electron chi connectivity index (χ0n) is 19.3. The summed E-state index contributed by atoms with van der Waals surface area (Å²) >= 11 is 0. The number of amides is 2. The lowest BCUT2D eigenvalue weighted by Crippen LogP contribution is -2.50. The Labute approximate surface area is 190 Å². The third-order valence-corrected chi connectivity index (χ3v) is 6.27. The van der Waals surface area contributed by atoms with Gasteiger partial charge in [-0.15, -0.1) is 0 Å². The number of hydrogen-bond donors (Lipinski definition) is 1. The number of methoxy groups -OCH3 is 1. The zero-order chi connectivity index (χ0) is 22.5. The molecule has 1 aromatic heterocycles. The van der Waals surface area contributed by atoms with E-state index in [-0.39, 0.29) is 12.1 Å². The molecule has 4 rings (SSSR count). The maximum absolute atomic E-state index is 13.6. The number of fused-ring (bicyclic) bond motifs is 1. The van der Waals surface area contributed by atoms with Crippen LogP contribution in [0.5, 0.6) is 11.5 Å². The zero-order valence-corrected chi connectivity index (χ0v) is 19.3. The summed E-state index contributed by atoms with van der Waals surface area (Å²) in [5.74, 6) is 1.38. The number of aromatic amines is 1. The Bertz CT molecular complexity index is 1060. The second kappa shape index (κ2) is 9.98. The lowest BCUT2D eigenvalue weighted by atomic mass is 10.0. The van der Waals surface area contributed by atoms with E-state index in [2.05, 4.69) is 37.0 Å². The normalized spacial score (nSPS) is 15.3. The van der Waals surface area contributed by atoms with Gasteiger partial charge in [0.2, 0.25) is 0 Å². The fourth-order valence-corrected chi connectivity index (χ4v) is 4.47. The molecule has 170 valence electrons. The van der Waals surface area contributed by atoms with E-state index in [0.29, 0.717) is 24.7 Å². The van der Waals surface area contributed by atoms with Crippen LogP contribution >= 0.6 is 0 Å². The molecule has 1 N–H and O–H groups in total. The van der Waals surface area contributed by atoms with Gasteiger partial charge in [0.25, 0.3) is 0 Å². The summed E-state index contributed by atoms with van der Waals surface area (Å²) in [6, 6.07) is 14.1. The van der Waals surface area contributed by atoms with Crippen LogP contribution in [0.2, 0.25) is 0 Å². The van der Waals surface area contributed by atoms with Crippen LogP contribution in [-0.4, -0.2) is 42.7 Å². The molecule has 3 aromatic rings. The first kappa shape index (κ1) is 22.1. The van der Waals surface area contributed by atoms with Crippen molar-refractivity contribution in [2.75, 3.05) is 31.7 Å². The molecule has 1 fully saturated rings. The molecule has 2 aromatic carbocycles. The van der Waals surface area contributed by atoms with E-state index in [0.717, 1.165) is 54.4 Å². The molecular formula is C26H33N3O3. The fraction of sp³-hybridized carbons (Fsp3) is 0.423. The molecule has 0 radical (unpaired) electrons. The minimum atomic E-state index is -0.0205. The highest BCUT2D eigenvalue weighted by atomic mass is 16.5. The van der Waals surface area contributed by atoms with Crippen molar-refractivity contribution in [2.24, 2.45) is 0 Å². The molecule has 32 heavy (non-hydrogen) atoms. The maximum atomic E-state index is 13.6. The highest BCUT2D eigenvalue weighted by Crippen LogP contribution is 2.35. The molecule has 2 heterocycles. The molecular weight excluding hydrogens is 402 g/mol. The van der Waals surface area contributed by atoms with E-state index in [1.54, 1.807) is 7.11 Å². The van der Waals surface area contributed by atoms with Crippen molar-refractivity contribution in [3.05, 3.63) is 54.2 Å². The van der Waals surface area contributed by atoms with E-state index in [4.69, 9.17) is 9.47 Å². The van der Waals surface area contributed by atoms with E-state index in [1.807, 2.05) is 40.3 Å². The number of ether oxygens (including phenoxy) is 2. The fourth-order valence-electron chi connectivity index (χ4n) is 4.47. The van der Waals surface area contributed by atoms with Gasteiger partial charge in [-0.2, -0.15) is 0 Å². The number of hydrogen-bond acceptors (Lipinski definition) is 3. The number of nitrogens with one attached hydrogen (secondary N) is 1. The monoisotopic (exact) mass is 435 g/mol. The smallest absolute Gasteiger partial charge is 0.324 e. The minimum Gasteiger partial charge on any atom is -0.493 e. The van der Waals surface area contributed by atoms with Gasteiger partial charge in [-0.3, -0.25) is 4.90 Å². The number of aromatic nitrogens is 1. The van der Waals surface area contributed by atoms with Gasteiger partial charge in [-0.05, 0) is 49.6 Å². The van der Waals surface area contributed by atoms with Crippen molar-refractivity contribution in [3.63, 3.8) is 0 Å². The lowest BCUT2D eigenvalue weighted by molar-refractivity contribution is 0.176. The van der Waals surface area contributed by atoms with Crippen molar-refractivity contribution >= 4 is 22.6 Å². The van der Waals surface area contributed by atoms with Gasteiger partial charge in [0.15, 0.2) is 11.5 Å². The molecule has 1 aliphatic rings. The van der Waals surface area contributed by atoms with Crippen LogP contribution in [0.3, 0.4) is 0 Å². The van der Waals surface area contributed by atoms with Gasteiger partial charge in [-0.1, -0.05) is 31.9 Å².